The maximum atomic E-state index is 13.0. The van der Waals surface area contributed by atoms with E-state index in [4.69, 9.17) is 4.52 Å². The molecule has 1 aliphatic heterocycles. The molecule has 5 rings (SSSR count). The first-order valence-electron chi connectivity index (χ1n) is 10.3. The Kier molecular flexibility index (Phi) is 5.12. The second kappa shape index (κ2) is 8.07. The number of aryl methyl sites for hydroxylation is 1. The number of aromatic nitrogens is 3. The van der Waals surface area contributed by atoms with E-state index < -0.39 is 0 Å². The Morgan fingerprint density at radius 3 is 3.07 bits per heavy atom. The minimum absolute atomic E-state index is 0.195. The summed E-state index contributed by atoms with van der Waals surface area (Å²) >= 11 is 1.62. The van der Waals surface area contributed by atoms with Gasteiger partial charge in [-0.25, -0.2) is 0 Å². The Labute approximate surface area is 179 Å². The molecule has 0 radical (unpaired) electrons. The third kappa shape index (κ3) is 3.77. The number of piperidine rings is 1. The zero-order valence-electron chi connectivity index (χ0n) is 17.0. The average Bonchev–Trinajstić information content (AvgIpc) is 3.50. The van der Waals surface area contributed by atoms with E-state index in [0.29, 0.717) is 24.1 Å². The number of carbonyl (C=O) groups is 1. The van der Waals surface area contributed by atoms with Crippen LogP contribution in [0.1, 0.15) is 24.3 Å². The highest BCUT2D eigenvalue weighted by Gasteiger charge is 2.26. The third-order valence-corrected chi connectivity index (χ3v) is 6.59. The summed E-state index contributed by atoms with van der Waals surface area (Å²) in [6.45, 7) is 1.57. The van der Waals surface area contributed by atoms with Crippen molar-refractivity contribution >= 4 is 28.1 Å². The van der Waals surface area contributed by atoms with Gasteiger partial charge in [0.05, 0.1) is 6.42 Å². The lowest BCUT2D eigenvalue weighted by Gasteiger charge is -2.32. The highest BCUT2D eigenvalue weighted by atomic mass is 32.1. The lowest BCUT2D eigenvalue weighted by molar-refractivity contribution is -0.132. The van der Waals surface area contributed by atoms with Gasteiger partial charge in [0, 0.05) is 54.6 Å². The van der Waals surface area contributed by atoms with Gasteiger partial charge in [0.1, 0.15) is 0 Å². The number of amides is 1. The zero-order chi connectivity index (χ0) is 20.5. The van der Waals surface area contributed by atoms with E-state index >= 15 is 0 Å². The molecule has 0 bridgehead atoms. The molecule has 1 saturated heterocycles. The van der Waals surface area contributed by atoms with E-state index in [2.05, 4.69) is 33.0 Å². The van der Waals surface area contributed by atoms with Crippen LogP contribution in [-0.4, -0.2) is 38.6 Å². The molecule has 6 nitrogen and oxygen atoms in total. The highest BCUT2D eigenvalue weighted by Crippen LogP contribution is 2.25. The fourth-order valence-electron chi connectivity index (χ4n) is 4.39. The Balaban J connectivity index is 1.24. The monoisotopic (exact) mass is 420 g/mol. The summed E-state index contributed by atoms with van der Waals surface area (Å²) in [5, 5.41) is 9.29. The van der Waals surface area contributed by atoms with Gasteiger partial charge in [0.25, 0.3) is 0 Å². The van der Waals surface area contributed by atoms with Crippen molar-refractivity contribution in [1.29, 1.82) is 0 Å². The molecule has 0 N–H and O–H groups in total. The molecule has 3 aromatic heterocycles. The minimum Gasteiger partial charge on any atom is -0.350 e. The number of hydrogen-bond donors (Lipinski definition) is 0. The van der Waals surface area contributed by atoms with Gasteiger partial charge < -0.3 is 14.0 Å². The SMILES string of the molecule is Cn1cc(CC(=O)N2CCC[C@@H](Cc3nc(-c4ccsc4)no3)C2)c2ccccc21. The maximum absolute atomic E-state index is 13.0. The lowest BCUT2D eigenvalue weighted by atomic mass is 9.94. The molecule has 0 spiro atoms. The van der Waals surface area contributed by atoms with Gasteiger partial charge in [-0.3, -0.25) is 4.79 Å². The molecule has 0 aliphatic carbocycles. The van der Waals surface area contributed by atoms with Crippen LogP contribution < -0.4 is 0 Å². The van der Waals surface area contributed by atoms with Crippen molar-refractivity contribution in [3.63, 3.8) is 0 Å². The first-order chi connectivity index (χ1) is 14.7. The zero-order valence-corrected chi connectivity index (χ0v) is 17.8. The summed E-state index contributed by atoms with van der Waals surface area (Å²) in [7, 11) is 2.03. The Morgan fingerprint density at radius 1 is 1.30 bits per heavy atom. The molecule has 1 amide bonds. The first kappa shape index (κ1) is 19.1. The number of thiophene rings is 1. The first-order valence-corrected chi connectivity index (χ1v) is 11.3. The summed E-state index contributed by atoms with van der Waals surface area (Å²) in [5.41, 5.74) is 3.25. The summed E-state index contributed by atoms with van der Waals surface area (Å²) in [4.78, 5) is 19.6. The number of fused-ring (bicyclic) bond motifs is 1. The van der Waals surface area contributed by atoms with Crippen molar-refractivity contribution in [3.05, 3.63) is 58.7 Å². The molecule has 1 atom stereocenters. The van der Waals surface area contributed by atoms with Gasteiger partial charge in [-0.05, 0) is 41.8 Å². The van der Waals surface area contributed by atoms with E-state index in [0.717, 1.165) is 54.4 Å². The van der Waals surface area contributed by atoms with Crippen molar-refractivity contribution < 1.29 is 9.32 Å². The van der Waals surface area contributed by atoms with Crippen LogP contribution in [0.4, 0.5) is 0 Å². The molecule has 0 saturated carbocycles. The number of para-hydroxylation sites is 1. The van der Waals surface area contributed by atoms with Crippen LogP contribution in [0, 0.1) is 5.92 Å². The second-order valence-electron chi connectivity index (χ2n) is 8.04. The van der Waals surface area contributed by atoms with Crippen molar-refractivity contribution in [3.8, 4) is 11.4 Å². The van der Waals surface area contributed by atoms with Crippen molar-refractivity contribution in [2.24, 2.45) is 13.0 Å². The molecular weight excluding hydrogens is 396 g/mol. The van der Waals surface area contributed by atoms with Crippen LogP contribution in [0.5, 0.6) is 0 Å². The quantitative estimate of drug-likeness (QED) is 0.483. The maximum Gasteiger partial charge on any atom is 0.227 e. The molecule has 30 heavy (non-hydrogen) atoms. The van der Waals surface area contributed by atoms with Crippen LogP contribution in [0.15, 0.2) is 51.8 Å². The minimum atomic E-state index is 0.195. The predicted octanol–water partition coefficient (Wildman–Crippen LogP) is 4.31. The van der Waals surface area contributed by atoms with Gasteiger partial charge in [0.15, 0.2) is 0 Å². The summed E-state index contributed by atoms with van der Waals surface area (Å²) < 4.78 is 7.57. The summed E-state index contributed by atoms with van der Waals surface area (Å²) in [6, 6.07) is 10.2. The van der Waals surface area contributed by atoms with Crippen LogP contribution in [0.2, 0.25) is 0 Å². The van der Waals surface area contributed by atoms with Crippen LogP contribution in [-0.2, 0) is 24.7 Å². The Hall–Kier alpha value is -2.93. The van der Waals surface area contributed by atoms with E-state index in [1.54, 1.807) is 11.3 Å². The number of benzene rings is 1. The van der Waals surface area contributed by atoms with Gasteiger partial charge in [-0.15, -0.1) is 0 Å². The van der Waals surface area contributed by atoms with Gasteiger partial charge in [-0.1, -0.05) is 23.4 Å². The number of rotatable bonds is 5. The largest absolute Gasteiger partial charge is 0.350 e. The van der Waals surface area contributed by atoms with E-state index in [-0.39, 0.29) is 5.91 Å². The topological polar surface area (TPSA) is 64.2 Å². The lowest BCUT2D eigenvalue weighted by Crippen LogP contribution is -2.41. The molecule has 0 unspecified atom stereocenters. The number of hydrogen-bond acceptors (Lipinski definition) is 5. The van der Waals surface area contributed by atoms with Crippen LogP contribution in [0.3, 0.4) is 0 Å². The number of carbonyl (C=O) groups excluding carboxylic acids is 1. The van der Waals surface area contributed by atoms with Crippen molar-refractivity contribution in [2.75, 3.05) is 13.1 Å². The normalized spacial score (nSPS) is 17.0. The molecule has 154 valence electrons. The highest BCUT2D eigenvalue weighted by molar-refractivity contribution is 7.08. The summed E-state index contributed by atoms with van der Waals surface area (Å²) in [5.74, 6) is 1.85. The Bertz CT molecular complexity index is 1160. The standard InChI is InChI=1S/C23H24N4O2S/c1-26-14-18(19-6-2-3-7-20(19)26)12-22(28)27-9-4-5-16(13-27)11-21-24-23(25-29-21)17-8-10-30-15-17/h2-3,6-8,10,14-16H,4-5,9,11-13H2,1H3/t16-/m0/s1. The number of nitrogens with zero attached hydrogens (tertiary/aromatic N) is 4. The molecule has 4 heterocycles. The average molecular weight is 421 g/mol. The predicted molar refractivity (Wildman–Crippen MR) is 117 cm³/mol. The van der Waals surface area contributed by atoms with E-state index in [1.807, 2.05) is 40.9 Å². The third-order valence-electron chi connectivity index (χ3n) is 5.90. The van der Waals surface area contributed by atoms with Crippen molar-refractivity contribution in [2.45, 2.75) is 25.7 Å². The van der Waals surface area contributed by atoms with Crippen LogP contribution >= 0.6 is 11.3 Å². The number of likely N-dealkylation sites (tertiary alicyclic amines) is 1. The molecule has 7 heteroatoms. The smallest absolute Gasteiger partial charge is 0.227 e. The Morgan fingerprint density at radius 2 is 2.20 bits per heavy atom. The van der Waals surface area contributed by atoms with Gasteiger partial charge in [-0.2, -0.15) is 16.3 Å². The van der Waals surface area contributed by atoms with E-state index in [1.165, 1.54) is 0 Å². The molecule has 1 fully saturated rings. The van der Waals surface area contributed by atoms with Gasteiger partial charge >= 0.3 is 0 Å². The molecule has 4 aromatic rings. The van der Waals surface area contributed by atoms with E-state index in [9.17, 15) is 4.79 Å². The second-order valence-corrected chi connectivity index (χ2v) is 8.82. The summed E-state index contributed by atoms with van der Waals surface area (Å²) in [6.07, 6.45) is 5.33. The van der Waals surface area contributed by atoms with Crippen molar-refractivity contribution in [1.82, 2.24) is 19.6 Å². The molecular formula is C23H24N4O2S. The fourth-order valence-corrected chi connectivity index (χ4v) is 5.03. The van der Waals surface area contributed by atoms with Crippen LogP contribution in [0.25, 0.3) is 22.3 Å². The molecule has 1 aromatic carbocycles. The molecule has 1 aliphatic rings. The fraction of sp³-hybridized carbons (Fsp3) is 0.348. The van der Waals surface area contributed by atoms with Gasteiger partial charge in [0.2, 0.25) is 17.6 Å².